The van der Waals surface area contributed by atoms with Gasteiger partial charge in [0.25, 0.3) is 0 Å². The third kappa shape index (κ3) is 2.38. The second-order valence-electron chi connectivity index (χ2n) is 4.14. The Morgan fingerprint density at radius 3 is 3.00 bits per heavy atom. The number of carbonyl (C=O) groups excluding carboxylic acids is 1. The molecule has 0 atom stereocenters. The molecule has 0 fully saturated rings. The molecule has 1 aliphatic rings. The molecule has 0 bridgehead atoms. The van der Waals surface area contributed by atoms with E-state index in [1.165, 1.54) is 24.0 Å². The van der Waals surface area contributed by atoms with Crippen LogP contribution in [0, 0.1) is 0 Å². The van der Waals surface area contributed by atoms with E-state index >= 15 is 0 Å². The topological polar surface area (TPSA) is 29.1 Å². The molecule has 0 radical (unpaired) electrons. The molecule has 15 heavy (non-hydrogen) atoms. The van der Waals surface area contributed by atoms with Crippen LogP contribution in [-0.4, -0.2) is 5.91 Å². The number of aryl methyl sites for hydroxylation is 2. The van der Waals surface area contributed by atoms with Crippen LogP contribution in [0.5, 0.6) is 0 Å². The largest absolute Gasteiger partial charge is 0.326 e. The Balaban J connectivity index is 2.17. The van der Waals surface area contributed by atoms with Gasteiger partial charge in [0.1, 0.15) is 0 Å². The van der Waals surface area contributed by atoms with Crippen LogP contribution in [0.4, 0.5) is 5.69 Å². The van der Waals surface area contributed by atoms with Gasteiger partial charge in [-0.2, -0.15) is 0 Å². The zero-order valence-corrected chi connectivity index (χ0v) is 9.18. The summed E-state index contributed by atoms with van der Waals surface area (Å²) < 4.78 is 0. The maximum Gasteiger partial charge on any atom is 0.224 e. The predicted molar refractivity (Wildman–Crippen MR) is 62.0 cm³/mol. The van der Waals surface area contributed by atoms with Gasteiger partial charge in [0.2, 0.25) is 5.91 Å². The zero-order chi connectivity index (χ0) is 10.7. The molecule has 0 aliphatic carbocycles. The molecule has 2 nitrogen and oxygen atoms in total. The molecule has 0 saturated heterocycles. The van der Waals surface area contributed by atoms with Crippen molar-refractivity contribution in [1.29, 1.82) is 0 Å². The van der Waals surface area contributed by atoms with Crippen molar-refractivity contribution in [2.75, 3.05) is 5.32 Å². The average Bonchev–Trinajstić information content (AvgIpc) is 2.25. The van der Waals surface area contributed by atoms with Crippen LogP contribution in [0.25, 0.3) is 0 Å². The van der Waals surface area contributed by atoms with Gasteiger partial charge in [-0.15, -0.1) is 0 Å². The average molecular weight is 203 g/mol. The minimum Gasteiger partial charge on any atom is -0.326 e. The van der Waals surface area contributed by atoms with E-state index < -0.39 is 0 Å². The molecule has 0 saturated carbocycles. The molecule has 80 valence electrons. The number of hydrogen-bond donors (Lipinski definition) is 1. The number of nitrogens with one attached hydrogen (secondary N) is 1. The highest BCUT2D eigenvalue weighted by atomic mass is 16.1. The van der Waals surface area contributed by atoms with Gasteiger partial charge in [-0.25, -0.2) is 0 Å². The molecule has 1 heterocycles. The minimum atomic E-state index is 0.148. The van der Waals surface area contributed by atoms with Gasteiger partial charge in [0.05, 0.1) is 0 Å². The van der Waals surface area contributed by atoms with Crippen molar-refractivity contribution in [3.8, 4) is 0 Å². The highest BCUT2D eigenvalue weighted by molar-refractivity contribution is 5.93. The molecule has 2 heteroatoms. The molecule has 2 rings (SSSR count). The quantitative estimate of drug-likeness (QED) is 0.804. The summed E-state index contributed by atoms with van der Waals surface area (Å²) in [5.74, 6) is 0.148. The molecule has 1 aromatic carbocycles. The van der Waals surface area contributed by atoms with Crippen LogP contribution in [0.3, 0.4) is 0 Å². The monoisotopic (exact) mass is 203 g/mol. The van der Waals surface area contributed by atoms with E-state index in [1.807, 2.05) is 0 Å². The minimum absolute atomic E-state index is 0.148. The first-order valence-electron chi connectivity index (χ1n) is 5.71. The van der Waals surface area contributed by atoms with Crippen molar-refractivity contribution in [3.05, 3.63) is 29.3 Å². The number of fused-ring (bicyclic) bond motifs is 1. The molecule has 1 aromatic rings. The van der Waals surface area contributed by atoms with E-state index in [2.05, 4.69) is 30.4 Å². The second kappa shape index (κ2) is 4.47. The highest BCUT2D eigenvalue weighted by Gasteiger charge is 2.14. The van der Waals surface area contributed by atoms with Gasteiger partial charge >= 0.3 is 0 Å². The molecule has 1 amide bonds. The first kappa shape index (κ1) is 10.2. The van der Waals surface area contributed by atoms with Gasteiger partial charge in [-0.05, 0) is 36.5 Å². The number of amides is 1. The Bertz CT molecular complexity index is 371. The molecule has 1 aliphatic heterocycles. The van der Waals surface area contributed by atoms with Crippen LogP contribution < -0.4 is 5.32 Å². The summed E-state index contributed by atoms with van der Waals surface area (Å²) in [4.78, 5) is 11.2. The summed E-state index contributed by atoms with van der Waals surface area (Å²) in [5, 5.41) is 2.94. The lowest BCUT2D eigenvalue weighted by molar-refractivity contribution is -0.116. The molecule has 0 spiro atoms. The lowest BCUT2D eigenvalue weighted by atomic mass is 9.99. The standard InChI is InChI=1S/C13H17NO/c1-2-3-4-10-5-6-11-7-8-13(15)14-12(11)9-10/h5-6,9H,2-4,7-8H2,1H3,(H,14,15). The van der Waals surface area contributed by atoms with E-state index in [0.717, 1.165) is 18.5 Å². The zero-order valence-electron chi connectivity index (χ0n) is 9.18. The molecular formula is C13H17NO. The van der Waals surface area contributed by atoms with Crippen molar-refractivity contribution in [2.45, 2.75) is 39.0 Å². The maximum absolute atomic E-state index is 11.2. The number of anilines is 1. The Morgan fingerprint density at radius 1 is 1.33 bits per heavy atom. The van der Waals surface area contributed by atoms with E-state index in [-0.39, 0.29) is 5.91 Å². The molecular weight excluding hydrogens is 186 g/mol. The Labute approximate surface area is 90.7 Å². The highest BCUT2D eigenvalue weighted by Crippen LogP contribution is 2.24. The molecule has 0 unspecified atom stereocenters. The van der Waals surface area contributed by atoms with Crippen LogP contribution >= 0.6 is 0 Å². The van der Waals surface area contributed by atoms with Crippen molar-refractivity contribution in [2.24, 2.45) is 0 Å². The summed E-state index contributed by atoms with van der Waals surface area (Å²) in [5.41, 5.74) is 3.63. The van der Waals surface area contributed by atoms with E-state index in [4.69, 9.17) is 0 Å². The van der Waals surface area contributed by atoms with Crippen LogP contribution in [0.2, 0.25) is 0 Å². The van der Waals surface area contributed by atoms with Crippen LogP contribution in [-0.2, 0) is 17.6 Å². The number of unbranched alkanes of at least 4 members (excludes halogenated alkanes) is 1. The van der Waals surface area contributed by atoms with Crippen LogP contribution in [0.1, 0.15) is 37.3 Å². The fraction of sp³-hybridized carbons (Fsp3) is 0.462. The number of carbonyl (C=O) groups is 1. The third-order valence-electron chi connectivity index (χ3n) is 2.89. The van der Waals surface area contributed by atoms with Gasteiger partial charge in [0, 0.05) is 12.1 Å². The SMILES string of the molecule is CCCCc1ccc2c(c1)NC(=O)CC2. The lowest BCUT2D eigenvalue weighted by Crippen LogP contribution is -2.18. The van der Waals surface area contributed by atoms with Crippen molar-refractivity contribution >= 4 is 11.6 Å². The smallest absolute Gasteiger partial charge is 0.224 e. The van der Waals surface area contributed by atoms with Crippen LogP contribution in [0.15, 0.2) is 18.2 Å². The summed E-state index contributed by atoms with van der Waals surface area (Å²) >= 11 is 0. The fourth-order valence-electron chi connectivity index (χ4n) is 1.96. The second-order valence-corrected chi connectivity index (χ2v) is 4.14. The molecule has 0 aromatic heterocycles. The first-order valence-corrected chi connectivity index (χ1v) is 5.71. The Kier molecular flexibility index (Phi) is 3.05. The number of rotatable bonds is 3. The number of benzene rings is 1. The number of hydrogen-bond acceptors (Lipinski definition) is 1. The summed E-state index contributed by atoms with van der Waals surface area (Å²) in [7, 11) is 0. The van der Waals surface area contributed by atoms with Gasteiger partial charge in [-0.3, -0.25) is 4.79 Å². The van der Waals surface area contributed by atoms with E-state index in [0.29, 0.717) is 6.42 Å². The van der Waals surface area contributed by atoms with Crippen molar-refractivity contribution in [1.82, 2.24) is 0 Å². The fourth-order valence-corrected chi connectivity index (χ4v) is 1.96. The van der Waals surface area contributed by atoms with Gasteiger partial charge in [-0.1, -0.05) is 25.5 Å². The lowest BCUT2D eigenvalue weighted by Gasteiger charge is -2.17. The van der Waals surface area contributed by atoms with Gasteiger partial charge < -0.3 is 5.32 Å². The summed E-state index contributed by atoms with van der Waals surface area (Å²) in [6, 6.07) is 6.47. The van der Waals surface area contributed by atoms with E-state index in [9.17, 15) is 4.79 Å². The Hall–Kier alpha value is -1.31. The summed E-state index contributed by atoms with van der Waals surface area (Å²) in [6.45, 7) is 2.19. The first-order chi connectivity index (χ1) is 7.29. The Morgan fingerprint density at radius 2 is 2.20 bits per heavy atom. The third-order valence-corrected chi connectivity index (χ3v) is 2.89. The predicted octanol–water partition coefficient (Wildman–Crippen LogP) is 2.91. The normalized spacial score (nSPS) is 14.6. The van der Waals surface area contributed by atoms with Gasteiger partial charge in [0.15, 0.2) is 0 Å². The summed E-state index contributed by atoms with van der Waals surface area (Å²) in [6.07, 6.45) is 5.05. The van der Waals surface area contributed by atoms with Crippen molar-refractivity contribution < 1.29 is 4.79 Å². The van der Waals surface area contributed by atoms with E-state index in [1.54, 1.807) is 0 Å². The maximum atomic E-state index is 11.2. The van der Waals surface area contributed by atoms with Crippen molar-refractivity contribution in [3.63, 3.8) is 0 Å². The molecule has 1 N–H and O–H groups in total.